The minimum atomic E-state index is -0.634. The van der Waals surface area contributed by atoms with Gasteiger partial charge in [0.2, 0.25) is 0 Å². The molecule has 0 fully saturated rings. The molecule has 1 aromatic rings. The van der Waals surface area contributed by atoms with Gasteiger partial charge in [0.1, 0.15) is 5.56 Å². The van der Waals surface area contributed by atoms with E-state index in [4.69, 9.17) is 10.2 Å². The fourth-order valence-corrected chi connectivity index (χ4v) is 2.36. The maximum atomic E-state index is 11.4. The van der Waals surface area contributed by atoms with Crippen molar-refractivity contribution in [2.45, 2.75) is 13.1 Å². The van der Waals surface area contributed by atoms with Gasteiger partial charge in [0.05, 0.1) is 23.1 Å². The molecule has 0 saturated heterocycles. The smallest absolute Gasteiger partial charge is 0.281 e. The van der Waals surface area contributed by atoms with Gasteiger partial charge in [-0.2, -0.15) is 0 Å². The summed E-state index contributed by atoms with van der Waals surface area (Å²) < 4.78 is 0. The Morgan fingerprint density at radius 1 is 0.917 bits per heavy atom. The summed E-state index contributed by atoms with van der Waals surface area (Å²) >= 11 is 0. The van der Waals surface area contributed by atoms with Crippen LogP contribution in [-0.4, -0.2) is 70.3 Å². The van der Waals surface area contributed by atoms with E-state index >= 15 is 0 Å². The lowest BCUT2D eigenvalue weighted by Crippen LogP contribution is -2.23. The van der Waals surface area contributed by atoms with Crippen LogP contribution in [0.25, 0.3) is 0 Å². The lowest BCUT2D eigenvalue weighted by atomic mass is 10.1. The molecule has 0 bridgehead atoms. The van der Waals surface area contributed by atoms with Crippen LogP contribution in [-0.2, 0) is 13.1 Å². The highest BCUT2D eigenvalue weighted by Crippen LogP contribution is 2.31. The van der Waals surface area contributed by atoms with Crippen molar-refractivity contribution in [1.29, 1.82) is 0 Å². The zero-order chi connectivity index (χ0) is 18.3. The number of rotatable bonds is 10. The Balaban J connectivity index is 3.30. The minimum absolute atomic E-state index is 0.00881. The first kappa shape index (κ1) is 19.9. The van der Waals surface area contributed by atoms with Crippen molar-refractivity contribution in [3.05, 3.63) is 43.5 Å². The number of aliphatic hydroxyl groups excluding tert-OH is 2. The number of aliphatic hydroxyl groups is 2. The highest BCUT2D eigenvalue weighted by atomic mass is 16.6. The van der Waals surface area contributed by atoms with E-state index in [9.17, 15) is 20.2 Å². The number of nitrogens with zero attached hydrogens (tertiary/aromatic N) is 4. The summed E-state index contributed by atoms with van der Waals surface area (Å²) in [6.07, 6.45) is 0. The topological polar surface area (TPSA) is 133 Å². The number of hydrogen-bond acceptors (Lipinski definition) is 8. The second-order valence-corrected chi connectivity index (χ2v) is 5.55. The Morgan fingerprint density at radius 3 is 1.71 bits per heavy atom. The molecule has 0 radical (unpaired) electrons. The molecular formula is C14H22N4O6. The molecule has 0 amide bonds. The highest BCUT2D eigenvalue weighted by Gasteiger charge is 2.27. The normalized spacial score (nSPS) is 11.2. The first-order valence-corrected chi connectivity index (χ1v) is 7.33. The molecule has 0 aliphatic heterocycles. The van der Waals surface area contributed by atoms with E-state index in [0.717, 1.165) is 0 Å². The summed E-state index contributed by atoms with van der Waals surface area (Å²) in [5, 5.41) is 40.6. The fourth-order valence-electron chi connectivity index (χ4n) is 2.36. The molecular weight excluding hydrogens is 320 g/mol. The van der Waals surface area contributed by atoms with E-state index in [1.165, 1.54) is 12.1 Å². The van der Waals surface area contributed by atoms with Gasteiger partial charge in [0, 0.05) is 38.3 Å². The van der Waals surface area contributed by atoms with Crippen molar-refractivity contribution >= 4 is 11.4 Å². The second-order valence-electron chi connectivity index (χ2n) is 5.55. The van der Waals surface area contributed by atoms with Gasteiger partial charge in [-0.05, 0) is 19.7 Å². The van der Waals surface area contributed by atoms with E-state index in [2.05, 4.69) is 0 Å². The molecule has 0 spiro atoms. The van der Waals surface area contributed by atoms with Crippen molar-refractivity contribution in [2.75, 3.05) is 40.4 Å². The summed E-state index contributed by atoms with van der Waals surface area (Å²) in [6, 6.07) is 2.64. The van der Waals surface area contributed by atoms with Gasteiger partial charge in [0.15, 0.2) is 0 Å². The Bertz CT molecular complexity index is 560. The summed E-state index contributed by atoms with van der Waals surface area (Å²) in [5.74, 6) is 0. The molecule has 0 heterocycles. The van der Waals surface area contributed by atoms with Crippen LogP contribution in [0.5, 0.6) is 0 Å². The number of nitro groups is 2. The van der Waals surface area contributed by atoms with Crippen LogP contribution in [0, 0.1) is 20.2 Å². The van der Waals surface area contributed by atoms with Gasteiger partial charge in [0.25, 0.3) is 11.4 Å². The third kappa shape index (κ3) is 5.49. The van der Waals surface area contributed by atoms with Crippen molar-refractivity contribution in [3.8, 4) is 0 Å². The molecule has 24 heavy (non-hydrogen) atoms. The summed E-state index contributed by atoms with van der Waals surface area (Å²) in [4.78, 5) is 24.7. The quantitative estimate of drug-likeness (QED) is 0.459. The maximum absolute atomic E-state index is 11.4. The molecule has 10 heteroatoms. The van der Waals surface area contributed by atoms with Crippen molar-refractivity contribution in [3.63, 3.8) is 0 Å². The average molecular weight is 342 g/mol. The molecule has 1 rings (SSSR count). The molecule has 10 nitrogen and oxygen atoms in total. The van der Waals surface area contributed by atoms with E-state index < -0.39 is 9.85 Å². The molecule has 0 atom stereocenters. The first-order chi connectivity index (χ1) is 11.3. The zero-order valence-electron chi connectivity index (χ0n) is 13.7. The van der Waals surface area contributed by atoms with Gasteiger partial charge in [-0.15, -0.1) is 0 Å². The monoisotopic (exact) mass is 342 g/mol. The summed E-state index contributed by atoms with van der Waals surface area (Å²) in [7, 11) is 3.32. The van der Waals surface area contributed by atoms with Crippen LogP contribution in [0.15, 0.2) is 12.1 Å². The van der Waals surface area contributed by atoms with Gasteiger partial charge in [-0.25, -0.2) is 0 Å². The summed E-state index contributed by atoms with van der Waals surface area (Å²) in [6.45, 7) is 0.597. The van der Waals surface area contributed by atoms with E-state index in [0.29, 0.717) is 12.1 Å². The van der Waals surface area contributed by atoms with E-state index in [1.807, 2.05) is 0 Å². The highest BCUT2D eigenvalue weighted by molar-refractivity contribution is 5.56. The lowest BCUT2D eigenvalue weighted by molar-refractivity contribution is -0.395. The molecule has 0 aliphatic carbocycles. The van der Waals surface area contributed by atoms with Crippen LogP contribution >= 0.6 is 0 Å². The number of likely N-dealkylation sites (N-methyl/N-ethyl adjacent to an activating group) is 2. The number of hydrogen-bond donors (Lipinski definition) is 2. The van der Waals surface area contributed by atoms with Crippen LogP contribution in [0.3, 0.4) is 0 Å². The van der Waals surface area contributed by atoms with E-state index in [1.54, 1.807) is 23.9 Å². The van der Waals surface area contributed by atoms with Crippen LogP contribution in [0.1, 0.15) is 11.1 Å². The van der Waals surface area contributed by atoms with Crippen LogP contribution in [0.2, 0.25) is 0 Å². The van der Waals surface area contributed by atoms with Crippen LogP contribution in [0.4, 0.5) is 11.4 Å². The standard InChI is InChI=1S/C14H22N4O6/c1-15(3-5-19)9-11-7-13(17(21)22)12(10-16(2)4-6-20)14(8-11)18(23)24/h7-8,19-20H,3-6,9-10H2,1-2H3. The molecule has 0 saturated carbocycles. The lowest BCUT2D eigenvalue weighted by Gasteiger charge is -2.17. The maximum Gasteiger partial charge on any atom is 0.281 e. The molecule has 134 valence electrons. The largest absolute Gasteiger partial charge is 0.395 e. The summed E-state index contributed by atoms with van der Waals surface area (Å²) in [5.41, 5.74) is -0.199. The van der Waals surface area contributed by atoms with Gasteiger partial charge in [-0.1, -0.05) is 0 Å². The fraction of sp³-hybridized carbons (Fsp3) is 0.571. The predicted molar refractivity (Wildman–Crippen MR) is 86.6 cm³/mol. The minimum Gasteiger partial charge on any atom is -0.395 e. The average Bonchev–Trinajstić information content (AvgIpc) is 2.48. The molecule has 0 unspecified atom stereocenters. The molecule has 2 N–H and O–H groups in total. The Labute approximate surface area is 139 Å². The van der Waals surface area contributed by atoms with Crippen molar-refractivity contribution in [2.24, 2.45) is 0 Å². The Morgan fingerprint density at radius 2 is 1.33 bits per heavy atom. The van der Waals surface area contributed by atoms with Gasteiger partial charge in [-0.3, -0.25) is 30.0 Å². The third-order valence-corrected chi connectivity index (χ3v) is 3.50. The number of benzene rings is 1. The van der Waals surface area contributed by atoms with Crippen LogP contribution < -0.4 is 0 Å². The Kier molecular flexibility index (Phi) is 7.65. The Hall–Kier alpha value is -2.14. The molecule has 0 aromatic heterocycles. The molecule has 0 aliphatic rings. The zero-order valence-corrected chi connectivity index (χ0v) is 13.7. The SMILES string of the molecule is CN(CCO)Cc1cc([N+](=O)[O-])c(CN(C)CCO)c([N+](=O)[O-])c1. The van der Waals surface area contributed by atoms with Crippen molar-refractivity contribution < 1.29 is 20.1 Å². The van der Waals surface area contributed by atoms with Gasteiger partial charge >= 0.3 is 0 Å². The first-order valence-electron chi connectivity index (χ1n) is 7.33. The predicted octanol–water partition coefficient (Wildman–Crippen LogP) is 0.351. The van der Waals surface area contributed by atoms with Crippen molar-refractivity contribution in [1.82, 2.24) is 9.80 Å². The second kappa shape index (κ2) is 9.23. The third-order valence-electron chi connectivity index (χ3n) is 3.50. The number of nitro benzene ring substituents is 2. The molecule has 1 aromatic carbocycles. The van der Waals surface area contributed by atoms with E-state index in [-0.39, 0.29) is 49.8 Å². The van der Waals surface area contributed by atoms with Gasteiger partial charge < -0.3 is 10.2 Å².